The van der Waals surface area contributed by atoms with E-state index in [2.05, 4.69) is 26.3 Å². The number of anilines is 2. The molecule has 2 aromatic heterocycles. The van der Waals surface area contributed by atoms with Crippen molar-refractivity contribution < 1.29 is 4.74 Å². The van der Waals surface area contributed by atoms with E-state index in [1.807, 2.05) is 32.0 Å². The highest BCUT2D eigenvalue weighted by atomic mass is 16.5. The lowest BCUT2D eigenvalue weighted by Gasteiger charge is -2.32. The number of aryl methyl sites for hydroxylation is 2. The number of nitrogens with zero attached hydrogens (tertiary/aromatic N) is 4. The maximum atomic E-state index is 5.22. The molecule has 1 aliphatic heterocycles. The van der Waals surface area contributed by atoms with Gasteiger partial charge in [-0.3, -0.25) is 0 Å². The zero-order valence-corrected chi connectivity index (χ0v) is 15.3. The fourth-order valence-electron chi connectivity index (χ4n) is 3.33. The SMILES string of the molecule is COCCN1CCC[C@H](c2cc(Nc3cccc(C)n3)nc(C)n2)C1. The Morgan fingerprint density at radius 2 is 2.08 bits per heavy atom. The average Bonchev–Trinajstić information content (AvgIpc) is 2.60. The zero-order chi connectivity index (χ0) is 17.6. The predicted octanol–water partition coefficient (Wildman–Crippen LogP) is 3.06. The van der Waals surface area contributed by atoms with Crippen molar-refractivity contribution in [3.05, 3.63) is 41.5 Å². The Morgan fingerprint density at radius 1 is 1.20 bits per heavy atom. The van der Waals surface area contributed by atoms with Gasteiger partial charge >= 0.3 is 0 Å². The largest absolute Gasteiger partial charge is 0.383 e. The minimum atomic E-state index is 0.443. The molecule has 0 aromatic carbocycles. The highest BCUT2D eigenvalue weighted by Crippen LogP contribution is 2.27. The molecule has 0 spiro atoms. The topological polar surface area (TPSA) is 63.2 Å². The minimum absolute atomic E-state index is 0.443. The summed E-state index contributed by atoms with van der Waals surface area (Å²) in [5.74, 6) is 2.86. The van der Waals surface area contributed by atoms with Crippen LogP contribution in [0.1, 0.15) is 36.0 Å². The molecule has 1 N–H and O–H groups in total. The molecule has 134 valence electrons. The van der Waals surface area contributed by atoms with E-state index in [9.17, 15) is 0 Å². The molecule has 6 heteroatoms. The Hall–Kier alpha value is -2.05. The van der Waals surface area contributed by atoms with E-state index >= 15 is 0 Å². The third kappa shape index (κ3) is 4.96. The molecule has 0 aliphatic carbocycles. The van der Waals surface area contributed by atoms with Crippen molar-refractivity contribution in [2.75, 3.05) is 38.7 Å². The number of ether oxygens (including phenoxy) is 1. The first-order valence-corrected chi connectivity index (χ1v) is 8.91. The molecule has 0 radical (unpaired) electrons. The van der Waals surface area contributed by atoms with Crippen molar-refractivity contribution in [3.63, 3.8) is 0 Å². The van der Waals surface area contributed by atoms with Crippen LogP contribution in [0.4, 0.5) is 11.6 Å². The lowest BCUT2D eigenvalue weighted by Crippen LogP contribution is -2.36. The van der Waals surface area contributed by atoms with E-state index in [4.69, 9.17) is 9.72 Å². The van der Waals surface area contributed by atoms with Gasteiger partial charge in [-0.05, 0) is 45.4 Å². The molecule has 1 fully saturated rings. The van der Waals surface area contributed by atoms with Crippen molar-refractivity contribution in [3.8, 4) is 0 Å². The minimum Gasteiger partial charge on any atom is -0.383 e. The number of nitrogens with one attached hydrogen (secondary N) is 1. The molecule has 3 heterocycles. The Balaban J connectivity index is 1.74. The van der Waals surface area contributed by atoms with Crippen molar-refractivity contribution in [1.29, 1.82) is 0 Å². The average molecular weight is 341 g/mol. The van der Waals surface area contributed by atoms with Crippen LogP contribution >= 0.6 is 0 Å². The van der Waals surface area contributed by atoms with Crippen LogP contribution in [-0.2, 0) is 4.74 Å². The van der Waals surface area contributed by atoms with Gasteiger partial charge in [0.25, 0.3) is 0 Å². The van der Waals surface area contributed by atoms with E-state index in [-0.39, 0.29) is 0 Å². The third-order valence-electron chi connectivity index (χ3n) is 4.54. The number of rotatable bonds is 6. The fourth-order valence-corrected chi connectivity index (χ4v) is 3.33. The van der Waals surface area contributed by atoms with Gasteiger partial charge in [-0.1, -0.05) is 6.07 Å². The van der Waals surface area contributed by atoms with Crippen LogP contribution in [0, 0.1) is 13.8 Å². The second kappa shape index (κ2) is 8.36. The monoisotopic (exact) mass is 341 g/mol. The van der Waals surface area contributed by atoms with Gasteiger partial charge in [0.1, 0.15) is 17.5 Å². The summed E-state index contributed by atoms with van der Waals surface area (Å²) in [6.45, 7) is 7.86. The van der Waals surface area contributed by atoms with Crippen LogP contribution in [-0.4, -0.2) is 53.2 Å². The summed E-state index contributed by atoms with van der Waals surface area (Å²) in [5, 5.41) is 3.31. The van der Waals surface area contributed by atoms with E-state index in [0.717, 1.165) is 55.1 Å². The fraction of sp³-hybridized carbons (Fsp3) is 0.526. The highest BCUT2D eigenvalue weighted by Gasteiger charge is 2.23. The number of likely N-dealkylation sites (tertiary alicyclic amines) is 1. The first-order valence-electron chi connectivity index (χ1n) is 8.91. The number of hydrogen-bond donors (Lipinski definition) is 1. The molecule has 0 saturated carbocycles. The van der Waals surface area contributed by atoms with E-state index < -0.39 is 0 Å². The Morgan fingerprint density at radius 3 is 2.88 bits per heavy atom. The van der Waals surface area contributed by atoms with E-state index in [1.54, 1.807) is 7.11 Å². The summed E-state index contributed by atoms with van der Waals surface area (Å²) < 4.78 is 5.22. The van der Waals surface area contributed by atoms with Crippen molar-refractivity contribution in [2.45, 2.75) is 32.6 Å². The molecule has 25 heavy (non-hydrogen) atoms. The van der Waals surface area contributed by atoms with Gasteiger partial charge in [-0.25, -0.2) is 15.0 Å². The molecule has 1 atom stereocenters. The zero-order valence-electron chi connectivity index (χ0n) is 15.3. The number of hydrogen-bond acceptors (Lipinski definition) is 6. The molecule has 2 aromatic rings. The molecule has 6 nitrogen and oxygen atoms in total. The number of methoxy groups -OCH3 is 1. The van der Waals surface area contributed by atoms with Gasteiger partial charge < -0.3 is 15.0 Å². The van der Waals surface area contributed by atoms with Crippen LogP contribution in [0.2, 0.25) is 0 Å². The smallest absolute Gasteiger partial charge is 0.135 e. The second-order valence-electron chi connectivity index (χ2n) is 6.65. The van der Waals surface area contributed by atoms with Crippen LogP contribution < -0.4 is 5.32 Å². The Bertz CT molecular complexity index is 706. The summed E-state index contributed by atoms with van der Waals surface area (Å²) in [4.78, 5) is 16.2. The van der Waals surface area contributed by atoms with Gasteiger partial charge in [0, 0.05) is 37.9 Å². The van der Waals surface area contributed by atoms with E-state index in [0.29, 0.717) is 5.92 Å². The van der Waals surface area contributed by atoms with Crippen molar-refractivity contribution in [1.82, 2.24) is 19.9 Å². The molecule has 3 rings (SSSR count). The Labute approximate surface area is 149 Å². The standard InChI is InChI=1S/C19H27N5O/c1-14-6-4-8-18(20-14)23-19-12-17(21-15(2)22-19)16-7-5-9-24(13-16)10-11-25-3/h4,6,8,12,16H,5,7,9-11,13H2,1-3H3,(H,20,21,22,23)/t16-/m0/s1. The van der Waals surface area contributed by atoms with Gasteiger partial charge in [-0.15, -0.1) is 0 Å². The predicted molar refractivity (Wildman–Crippen MR) is 99.3 cm³/mol. The van der Waals surface area contributed by atoms with Crippen LogP contribution in [0.5, 0.6) is 0 Å². The number of pyridine rings is 1. The molecular weight excluding hydrogens is 314 g/mol. The number of piperidine rings is 1. The van der Waals surface area contributed by atoms with Crippen molar-refractivity contribution >= 4 is 11.6 Å². The van der Waals surface area contributed by atoms with Crippen LogP contribution in [0.25, 0.3) is 0 Å². The van der Waals surface area contributed by atoms with Crippen LogP contribution in [0.15, 0.2) is 24.3 Å². The summed E-state index contributed by atoms with van der Waals surface area (Å²) >= 11 is 0. The number of aromatic nitrogens is 3. The van der Waals surface area contributed by atoms with E-state index in [1.165, 1.54) is 12.8 Å². The van der Waals surface area contributed by atoms with Gasteiger partial charge in [-0.2, -0.15) is 0 Å². The molecule has 0 bridgehead atoms. The van der Waals surface area contributed by atoms with Crippen LogP contribution in [0.3, 0.4) is 0 Å². The van der Waals surface area contributed by atoms with Gasteiger partial charge in [0.15, 0.2) is 0 Å². The van der Waals surface area contributed by atoms with Gasteiger partial charge in [0.05, 0.1) is 12.3 Å². The summed E-state index contributed by atoms with van der Waals surface area (Å²) in [7, 11) is 1.76. The third-order valence-corrected chi connectivity index (χ3v) is 4.54. The molecular formula is C19H27N5O. The summed E-state index contributed by atoms with van der Waals surface area (Å²) in [5.41, 5.74) is 2.10. The molecule has 0 amide bonds. The first kappa shape index (κ1) is 17.8. The second-order valence-corrected chi connectivity index (χ2v) is 6.65. The Kier molecular flexibility index (Phi) is 5.94. The highest BCUT2D eigenvalue weighted by molar-refractivity contribution is 5.52. The quantitative estimate of drug-likeness (QED) is 0.871. The lowest BCUT2D eigenvalue weighted by molar-refractivity contribution is 0.127. The summed E-state index contributed by atoms with van der Waals surface area (Å²) in [6, 6.07) is 8.01. The van der Waals surface area contributed by atoms with Gasteiger partial charge in [0.2, 0.25) is 0 Å². The molecule has 1 saturated heterocycles. The van der Waals surface area contributed by atoms with Crippen molar-refractivity contribution in [2.24, 2.45) is 0 Å². The molecule has 1 aliphatic rings. The lowest BCUT2D eigenvalue weighted by atomic mass is 9.94. The normalized spacial score (nSPS) is 18.3. The maximum absolute atomic E-state index is 5.22. The first-order chi connectivity index (χ1) is 12.1. The molecule has 0 unspecified atom stereocenters. The summed E-state index contributed by atoms with van der Waals surface area (Å²) in [6.07, 6.45) is 2.36. The maximum Gasteiger partial charge on any atom is 0.135 e.